The van der Waals surface area contributed by atoms with Gasteiger partial charge >= 0.3 is 6.18 Å². The van der Waals surface area contributed by atoms with Crippen LogP contribution in [0.2, 0.25) is 0 Å². The highest BCUT2D eigenvalue weighted by Gasteiger charge is 2.41. The Morgan fingerprint density at radius 1 is 1.32 bits per heavy atom. The molecule has 0 saturated heterocycles. The summed E-state index contributed by atoms with van der Waals surface area (Å²) in [6.45, 7) is 1.94. The van der Waals surface area contributed by atoms with Gasteiger partial charge in [0.05, 0.1) is 0 Å². The van der Waals surface area contributed by atoms with Crippen molar-refractivity contribution in [2.75, 3.05) is 6.26 Å². The van der Waals surface area contributed by atoms with E-state index in [9.17, 15) is 13.2 Å². The second-order valence-corrected chi connectivity index (χ2v) is 6.05. The second kappa shape index (κ2) is 6.95. The molecule has 0 bridgehead atoms. The lowest BCUT2D eigenvalue weighted by atomic mass is 10.0. The first kappa shape index (κ1) is 17.6. The minimum Gasteiger partial charge on any atom is -0.476 e. The minimum absolute atomic E-state index is 0.135. The molecule has 1 aliphatic rings. The Morgan fingerprint density at radius 3 is 2.80 bits per heavy atom. The molecule has 0 radical (unpaired) electrons. The molecule has 2 aromatic rings. The molecule has 0 N–H and O–H groups in total. The monoisotopic (exact) mass is 368 g/mol. The third-order valence-corrected chi connectivity index (χ3v) is 4.17. The maximum atomic E-state index is 12.9. The number of thioether (sulfide) groups is 1. The van der Waals surface area contributed by atoms with Gasteiger partial charge in [-0.2, -0.15) is 18.2 Å². The highest BCUT2D eigenvalue weighted by molar-refractivity contribution is 7.98. The molecular formula is C17H15F3N2O2S. The molecule has 1 aromatic carbocycles. The van der Waals surface area contributed by atoms with E-state index in [4.69, 9.17) is 9.47 Å². The van der Waals surface area contributed by atoms with Crippen LogP contribution in [-0.4, -0.2) is 28.5 Å². The van der Waals surface area contributed by atoms with E-state index in [0.717, 1.165) is 11.6 Å². The molecule has 1 atom stereocenters. The summed E-state index contributed by atoms with van der Waals surface area (Å²) in [5.74, 6) is 0.882. The maximum absolute atomic E-state index is 12.9. The second-order valence-electron chi connectivity index (χ2n) is 5.27. The van der Waals surface area contributed by atoms with E-state index in [2.05, 4.69) is 9.97 Å². The predicted octanol–water partition coefficient (Wildman–Crippen LogP) is 4.89. The molecule has 132 valence electrons. The van der Waals surface area contributed by atoms with Gasteiger partial charge in [-0.15, -0.1) is 0 Å². The van der Waals surface area contributed by atoms with Gasteiger partial charge in [0, 0.05) is 23.9 Å². The molecule has 0 saturated carbocycles. The number of rotatable bonds is 4. The molecule has 8 heteroatoms. The van der Waals surface area contributed by atoms with Crippen LogP contribution in [0.5, 0.6) is 17.4 Å². The summed E-state index contributed by atoms with van der Waals surface area (Å²) in [6.07, 6.45) is 0.0818. The third-order valence-electron chi connectivity index (χ3n) is 3.61. The van der Waals surface area contributed by atoms with Crippen molar-refractivity contribution in [1.82, 2.24) is 9.97 Å². The predicted molar refractivity (Wildman–Crippen MR) is 89.2 cm³/mol. The lowest BCUT2D eigenvalue weighted by Crippen LogP contribution is -2.33. The van der Waals surface area contributed by atoms with Gasteiger partial charge in [0.2, 0.25) is 12.0 Å². The summed E-state index contributed by atoms with van der Waals surface area (Å²) in [5, 5.41) is 0.546. The third kappa shape index (κ3) is 3.89. The molecular weight excluding hydrogens is 353 g/mol. The molecule has 1 unspecified atom stereocenters. The molecule has 0 aliphatic carbocycles. The van der Waals surface area contributed by atoms with E-state index in [-0.39, 0.29) is 5.75 Å². The molecule has 0 spiro atoms. The average Bonchev–Trinajstić information content (AvgIpc) is 2.60. The zero-order valence-corrected chi connectivity index (χ0v) is 14.3. The first-order chi connectivity index (χ1) is 11.9. The Balaban J connectivity index is 1.94. The molecule has 3 rings (SSSR count). The maximum Gasteiger partial charge on any atom is 0.429 e. The van der Waals surface area contributed by atoms with Gasteiger partial charge in [0.1, 0.15) is 11.5 Å². The largest absolute Gasteiger partial charge is 0.476 e. The fourth-order valence-corrected chi connectivity index (χ4v) is 2.71. The first-order valence-electron chi connectivity index (χ1n) is 7.54. The smallest absolute Gasteiger partial charge is 0.429 e. The number of hydrogen-bond acceptors (Lipinski definition) is 5. The molecule has 1 aromatic heterocycles. The zero-order chi connectivity index (χ0) is 18.0. The quantitative estimate of drug-likeness (QED) is 0.568. The van der Waals surface area contributed by atoms with Gasteiger partial charge in [-0.05, 0) is 30.4 Å². The van der Waals surface area contributed by atoms with Crippen molar-refractivity contribution in [2.24, 2.45) is 0 Å². The number of hydrogen-bond donors (Lipinski definition) is 0. The summed E-state index contributed by atoms with van der Waals surface area (Å²) in [4.78, 5) is 8.29. The number of aryl methyl sites for hydroxylation is 1. The van der Waals surface area contributed by atoms with Gasteiger partial charge in [-0.3, -0.25) is 0 Å². The van der Waals surface area contributed by atoms with Crippen molar-refractivity contribution in [2.45, 2.75) is 30.8 Å². The number of benzene rings is 1. The molecule has 25 heavy (non-hydrogen) atoms. The van der Waals surface area contributed by atoms with Crippen LogP contribution >= 0.6 is 11.8 Å². The number of alkyl halides is 3. The van der Waals surface area contributed by atoms with E-state index in [1.54, 1.807) is 18.3 Å². The normalized spacial score (nSPS) is 16.3. The highest BCUT2D eigenvalue weighted by atomic mass is 32.2. The lowest BCUT2D eigenvalue weighted by molar-refractivity contribution is -0.180. The van der Waals surface area contributed by atoms with Crippen molar-refractivity contribution in [3.05, 3.63) is 41.6 Å². The minimum atomic E-state index is -4.46. The van der Waals surface area contributed by atoms with E-state index in [0.29, 0.717) is 28.8 Å². The van der Waals surface area contributed by atoms with E-state index >= 15 is 0 Å². The molecule has 2 heterocycles. The Labute approximate surface area is 147 Å². The SMILES string of the molecule is CCc1cc2c(cc1Oc1ccnc(SC)n1)OC(C(F)(F)F)C=C2. The van der Waals surface area contributed by atoms with Crippen LogP contribution in [-0.2, 0) is 6.42 Å². The standard InChI is InChI=1S/C17H15F3N2O2S/c1-3-10-8-11-4-5-14(17(18,19)20)23-13(11)9-12(10)24-15-6-7-21-16(22-15)25-2/h4-9,14H,3H2,1-2H3. The molecule has 0 amide bonds. The van der Waals surface area contributed by atoms with E-state index in [1.807, 2.05) is 13.2 Å². The van der Waals surface area contributed by atoms with Crippen LogP contribution < -0.4 is 9.47 Å². The zero-order valence-electron chi connectivity index (χ0n) is 13.5. The Kier molecular flexibility index (Phi) is 4.89. The lowest BCUT2D eigenvalue weighted by Gasteiger charge is -2.24. The van der Waals surface area contributed by atoms with Crippen LogP contribution in [0.4, 0.5) is 13.2 Å². The van der Waals surface area contributed by atoms with Gasteiger partial charge < -0.3 is 9.47 Å². The fraction of sp³-hybridized carbons (Fsp3) is 0.294. The van der Waals surface area contributed by atoms with E-state index < -0.39 is 12.3 Å². The Morgan fingerprint density at radius 2 is 2.12 bits per heavy atom. The number of fused-ring (bicyclic) bond motifs is 1. The Hall–Kier alpha value is -2.22. The number of halogens is 3. The number of ether oxygens (including phenoxy) is 2. The average molecular weight is 368 g/mol. The first-order valence-corrected chi connectivity index (χ1v) is 8.76. The van der Waals surface area contributed by atoms with Crippen molar-refractivity contribution < 1.29 is 22.6 Å². The van der Waals surface area contributed by atoms with Gasteiger partial charge in [-0.1, -0.05) is 24.8 Å². The van der Waals surface area contributed by atoms with Crippen LogP contribution in [0, 0.1) is 0 Å². The van der Waals surface area contributed by atoms with Crippen molar-refractivity contribution in [1.29, 1.82) is 0 Å². The molecule has 4 nitrogen and oxygen atoms in total. The fourth-order valence-electron chi connectivity index (χ4n) is 2.36. The number of nitrogens with zero attached hydrogens (tertiary/aromatic N) is 2. The van der Waals surface area contributed by atoms with Crippen LogP contribution in [0.15, 0.2) is 35.6 Å². The van der Waals surface area contributed by atoms with Crippen molar-refractivity contribution in [3.63, 3.8) is 0 Å². The summed E-state index contributed by atoms with van der Waals surface area (Å²) in [7, 11) is 0. The molecule has 1 aliphatic heterocycles. The summed E-state index contributed by atoms with van der Waals surface area (Å²) in [5.41, 5.74) is 1.44. The summed E-state index contributed by atoms with van der Waals surface area (Å²) in [6, 6.07) is 4.85. The molecule has 0 fully saturated rings. The van der Waals surface area contributed by atoms with Crippen LogP contribution in [0.1, 0.15) is 18.1 Å². The van der Waals surface area contributed by atoms with E-state index in [1.165, 1.54) is 23.9 Å². The van der Waals surface area contributed by atoms with Crippen molar-refractivity contribution >= 4 is 17.8 Å². The Bertz CT molecular complexity index is 809. The van der Waals surface area contributed by atoms with Gasteiger partial charge in [-0.25, -0.2) is 4.98 Å². The number of aromatic nitrogens is 2. The van der Waals surface area contributed by atoms with Crippen LogP contribution in [0.25, 0.3) is 6.08 Å². The topological polar surface area (TPSA) is 44.2 Å². The van der Waals surface area contributed by atoms with Gasteiger partial charge in [0.15, 0.2) is 5.16 Å². The summed E-state index contributed by atoms with van der Waals surface area (Å²) >= 11 is 1.37. The van der Waals surface area contributed by atoms with Crippen LogP contribution in [0.3, 0.4) is 0 Å². The van der Waals surface area contributed by atoms with Gasteiger partial charge in [0.25, 0.3) is 0 Å². The highest BCUT2D eigenvalue weighted by Crippen LogP contribution is 2.38. The summed E-state index contributed by atoms with van der Waals surface area (Å²) < 4.78 is 49.5. The van der Waals surface area contributed by atoms with Crippen molar-refractivity contribution in [3.8, 4) is 17.4 Å².